The smallest absolute Gasteiger partial charge is 0.256 e. The molecule has 18 heavy (non-hydrogen) atoms. The van der Waals surface area contributed by atoms with Crippen molar-refractivity contribution in [3.05, 3.63) is 60.5 Å². The van der Waals surface area contributed by atoms with Gasteiger partial charge in [-0.25, -0.2) is 0 Å². The quantitative estimate of drug-likeness (QED) is 0.597. The zero-order valence-corrected chi connectivity index (χ0v) is 14.4. The van der Waals surface area contributed by atoms with E-state index in [1.54, 1.807) is 6.07 Å². The molecule has 1 amide bonds. The van der Waals surface area contributed by atoms with Crippen LogP contribution in [0, 0.1) is 3.57 Å². The van der Waals surface area contributed by atoms with Gasteiger partial charge in [0.15, 0.2) is 0 Å². The van der Waals surface area contributed by atoms with Gasteiger partial charge in [-0.2, -0.15) is 0 Å². The van der Waals surface area contributed by atoms with Gasteiger partial charge in [0, 0.05) is 18.2 Å². The first-order valence-electron chi connectivity index (χ1n) is 5.08. The molecule has 0 aliphatic carbocycles. The summed E-state index contributed by atoms with van der Waals surface area (Å²) < 4.78 is 2.78. The fourth-order valence-electron chi connectivity index (χ4n) is 1.40. The summed E-state index contributed by atoms with van der Waals surface area (Å²) in [6, 6.07) is 13.2. The highest BCUT2D eigenvalue weighted by Crippen LogP contribution is 2.22. The van der Waals surface area contributed by atoms with Gasteiger partial charge in [-0.1, -0.05) is 15.9 Å². The topological polar surface area (TPSA) is 29.1 Å². The van der Waals surface area contributed by atoms with E-state index >= 15 is 0 Å². The highest BCUT2D eigenvalue weighted by molar-refractivity contribution is 14.1. The molecule has 0 atom stereocenters. The van der Waals surface area contributed by atoms with Crippen LogP contribution < -0.4 is 5.32 Å². The van der Waals surface area contributed by atoms with Crippen molar-refractivity contribution in [2.24, 2.45) is 0 Å². The van der Waals surface area contributed by atoms with E-state index < -0.39 is 0 Å². The van der Waals surface area contributed by atoms with Crippen molar-refractivity contribution in [3.63, 3.8) is 0 Å². The van der Waals surface area contributed by atoms with Crippen molar-refractivity contribution in [2.75, 3.05) is 5.32 Å². The highest BCUT2D eigenvalue weighted by atomic mass is 127. The Morgan fingerprint density at radius 3 is 2.39 bits per heavy atom. The largest absolute Gasteiger partial charge is 0.322 e. The monoisotopic (exact) mass is 479 g/mol. The van der Waals surface area contributed by atoms with Crippen LogP contribution in [0.15, 0.2) is 51.4 Å². The van der Waals surface area contributed by atoms with Gasteiger partial charge in [0.05, 0.1) is 5.56 Å². The molecule has 5 heteroatoms. The summed E-state index contributed by atoms with van der Waals surface area (Å²) in [4.78, 5) is 12.1. The molecule has 0 radical (unpaired) electrons. The van der Waals surface area contributed by atoms with E-state index in [4.69, 9.17) is 0 Å². The molecule has 0 bridgehead atoms. The molecular formula is C13H8Br2INO. The summed E-state index contributed by atoms with van der Waals surface area (Å²) in [5.41, 5.74) is 1.38. The summed E-state index contributed by atoms with van der Waals surface area (Å²) in [5, 5.41) is 2.86. The highest BCUT2D eigenvalue weighted by Gasteiger charge is 2.10. The summed E-state index contributed by atoms with van der Waals surface area (Å²) >= 11 is 8.96. The molecule has 0 aromatic heterocycles. The number of benzene rings is 2. The first-order chi connectivity index (χ1) is 8.56. The molecule has 0 heterocycles. The molecule has 0 saturated heterocycles. The molecule has 0 fully saturated rings. The van der Waals surface area contributed by atoms with Crippen LogP contribution in [0.2, 0.25) is 0 Å². The fourth-order valence-corrected chi connectivity index (χ4v) is 2.55. The maximum Gasteiger partial charge on any atom is 0.256 e. The Hall–Kier alpha value is -0.400. The average molecular weight is 481 g/mol. The van der Waals surface area contributed by atoms with E-state index in [1.807, 2.05) is 36.4 Å². The van der Waals surface area contributed by atoms with E-state index in [9.17, 15) is 4.79 Å². The number of carbonyl (C=O) groups is 1. The molecule has 2 aromatic carbocycles. The number of hydrogen-bond acceptors (Lipinski definition) is 1. The minimum atomic E-state index is -0.135. The number of halogens is 3. The lowest BCUT2D eigenvalue weighted by molar-refractivity contribution is 0.102. The number of hydrogen-bond donors (Lipinski definition) is 1. The predicted octanol–water partition coefficient (Wildman–Crippen LogP) is 5.07. The van der Waals surface area contributed by atoms with Gasteiger partial charge in [0.1, 0.15) is 0 Å². The van der Waals surface area contributed by atoms with Gasteiger partial charge < -0.3 is 5.32 Å². The normalized spacial score (nSPS) is 10.2. The van der Waals surface area contributed by atoms with Crippen molar-refractivity contribution in [2.45, 2.75) is 0 Å². The number of nitrogens with one attached hydrogen (secondary N) is 1. The third-order valence-corrected chi connectivity index (χ3v) is 4.18. The molecule has 1 N–H and O–H groups in total. The molecule has 92 valence electrons. The van der Waals surface area contributed by atoms with Crippen molar-refractivity contribution >= 4 is 66.0 Å². The van der Waals surface area contributed by atoms with Gasteiger partial charge in [-0.15, -0.1) is 0 Å². The lowest BCUT2D eigenvalue weighted by atomic mass is 10.2. The SMILES string of the molecule is O=C(Nc1ccc(I)cc1)c1cc(Br)ccc1Br. The van der Waals surface area contributed by atoms with Crippen LogP contribution in [0.1, 0.15) is 10.4 Å². The van der Waals surface area contributed by atoms with Crippen LogP contribution in [0.3, 0.4) is 0 Å². The van der Waals surface area contributed by atoms with Crippen molar-refractivity contribution in [1.82, 2.24) is 0 Å². The van der Waals surface area contributed by atoms with Crippen molar-refractivity contribution in [3.8, 4) is 0 Å². The van der Waals surface area contributed by atoms with Crippen LogP contribution in [-0.2, 0) is 0 Å². The molecular weight excluding hydrogens is 473 g/mol. The fraction of sp³-hybridized carbons (Fsp3) is 0. The second-order valence-corrected chi connectivity index (χ2v) is 6.60. The lowest BCUT2D eigenvalue weighted by Crippen LogP contribution is -2.12. The van der Waals surface area contributed by atoms with Crippen molar-refractivity contribution < 1.29 is 4.79 Å². The van der Waals surface area contributed by atoms with Gasteiger partial charge in [0.2, 0.25) is 0 Å². The first kappa shape index (κ1) is 14.0. The minimum absolute atomic E-state index is 0.135. The molecule has 0 aliphatic rings. The van der Waals surface area contributed by atoms with E-state index in [0.717, 1.165) is 18.2 Å². The van der Waals surface area contributed by atoms with Crippen LogP contribution in [-0.4, -0.2) is 5.91 Å². The first-order valence-corrected chi connectivity index (χ1v) is 7.75. The maximum atomic E-state index is 12.1. The summed E-state index contributed by atoms with van der Waals surface area (Å²) in [5.74, 6) is -0.135. The Balaban J connectivity index is 2.21. The van der Waals surface area contributed by atoms with Crippen molar-refractivity contribution in [1.29, 1.82) is 0 Å². The van der Waals surface area contributed by atoms with Gasteiger partial charge >= 0.3 is 0 Å². The van der Waals surface area contributed by atoms with Gasteiger partial charge in [0.25, 0.3) is 5.91 Å². The Kier molecular flexibility index (Phi) is 4.80. The number of amides is 1. The van der Waals surface area contributed by atoms with E-state index in [2.05, 4.69) is 59.8 Å². The summed E-state index contributed by atoms with van der Waals surface area (Å²) in [6.07, 6.45) is 0. The molecule has 2 rings (SSSR count). The van der Waals surface area contributed by atoms with Gasteiger partial charge in [-0.3, -0.25) is 4.79 Å². The maximum absolute atomic E-state index is 12.1. The predicted molar refractivity (Wildman–Crippen MR) is 89.0 cm³/mol. The van der Waals surface area contributed by atoms with Crippen LogP contribution in [0.25, 0.3) is 0 Å². The Bertz CT molecular complexity index is 584. The van der Waals surface area contributed by atoms with Crippen LogP contribution in [0.4, 0.5) is 5.69 Å². The Labute approximate surface area is 136 Å². The second-order valence-electron chi connectivity index (χ2n) is 3.59. The molecule has 0 spiro atoms. The molecule has 0 saturated carbocycles. The molecule has 0 unspecified atom stereocenters. The Morgan fingerprint density at radius 1 is 1.06 bits per heavy atom. The molecule has 2 aromatic rings. The lowest BCUT2D eigenvalue weighted by Gasteiger charge is -2.07. The zero-order chi connectivity index (χ0) is 13.1. The average Bonchev–Trinajstić information content (AvgIpc) is 2.35. The van der Waals surface area contributed by atoms with Gasteiger partial charge in [-0.05, 0) is 81.0 Å². The summed E-state index contributed by atoms with van der Waals surface area (Å²) in [7, 11) is 0. The van der Waals surface area contributed by atoms with E-state index in [-0.39, 0.29) is 5.91 Å². The number of carbonyl (C=O) groups excluding carboxylic acids is 1. The summed E-state index contributed by atoms with van der Waals surface area (Å²) in [6.45, 7) is 0. The van der Waals surface area contributed by atoms with Crippen LogP contribution in [0.5, 0.6) is 0 Å². The second kappa shape index (κ2) is 6.16. The third-order valence-electron chi connectivity index (χ3n) is 2.28. The third kappa shape index (κ3) is 3.55. The van der Waals surface area contributed by atoms with E-state index in [1.165, 1.54) is 0 Å². The van der Waals surface area contributed by atoms with E-state index in [0.29, 0.717) is 5.56 Å². The van der Waals surface area contributed by atoms with Crippen LogP contribution >= 0.6 is 54.5 Å². The number of rotatable bonds is 2. The molecule has 0 aliphatic heterocycles. The Morgan fingerprint density at radius 2 is 1.72 bits per heavy atom. The number of anilines is 1. The zero-order valence-electron chi connectivity index (χ0n) is 9.08. The standard InChI is InChI=1S/C13H8Br2INO/c14-8-1-6-12(15)11(7-8)13(18)17-10-4-2-9(16)3-5-10/h1-7H,(H,17,18). The molecule has 2 nitrogen and oxygen atoms in total. The minimum Gasteiger partial charge on any atom is -0.322 e.